The van der Waals surface area contributed by atoms with E-state index in [1.54, 1.807) is 7.11 Å². The molecular weight excluding hydrogens is 500 g/mol. The zero-order valence-electron chi connectivity index (χ0n) is 24.4. The lowest BCUT2D eigenvalue weighted by Gasteiger charge is -2.27. The van der Waals surface area contributed by atoms with E-state index in [1.807, 2.05) is 45.0 Å². The van der Waals surface area contributed by atoms with E-state index in [9.17, 15) is 9.90 Å². The fourth-order valence-corrected chi connectivity index (χ4v) is 6.33. The van der Waals surface area contributed by atoms with E-state index >= 15 is 0 Å². The van der Waals surface area contributed by atoms with Crippen molar-refractivity contribution in [1.82, 2.24) is 0 Å². The highest BCUT2D eigenvalue weighted by Gasteiger charge is 2.44. The Hall–Kier alpha value is -3.57. The normalized spacial score (nSPS) is 20.0. The van der Waals surface area contributed by atoms with E-state index in [2.05, 4.69) is 50.3 Å². The molecule has 210 valence electrons. The predicted molar refractivity (Wildman–Crippen MR) is 159 cm³/mol. The van der Waals surface area contributed by atoms with E-state index in [4.69, 9.17) is 14.2 Å². The number of hydrogen-bond donors (Lipinski definition) is 1. The minimum Gasteiger partial charge on any atom is -0.486 e. The minimum atomic E-state index is -0.706. The van der Waals surface area contributed by atoms with Crippen LogP contribution >= 0.6 is 0 Å². The molecule has 0 saturated heterocycles. The van der Waals surface area contributed by atoms with Crippen molar-refractivity contribution in [3.63, 3.8) is 0 Å². The number of benzene rings is 3. The molecule has 1 saturated carbocycles. The van der Waals surface area contributed by atoms with Gasteiger partial charge in [0.25, 0.3) is 0 Å². The molecule has 5 nitrogen and oxygen atoms in total. The molecule has 5 rings (SSSR count). The molecule has 0 radical (unpaired) electrons. The van der Waals surface area contributed by atoms with Gasteiger partial charge in [-0.25, -0.2) is 0 Å². The molecule has 0 amide bonds. The maximum atomic E-state index is 11.3. The largest absolute Gasteiger partial charge is 0.486 e. The first-order valence-corrected chi connectivity index (χ1v) is 14.2. The smallest absolute Gasteiger partial charge is 0.307 e. The molecule has 0 heterocycles. The number of aryl methyl sites for hydroxylation is 2. The maximum absolute atomic E-state index is 11.3. The Morgan fingerprint density at radius 3 is 2.35 bits per heavy atom. The zero-order valence-corrected chi connectivity index (χ0v) is 24.4. The first-order chi connectivity index (χ1) is 19.1. The molecule has 3 aromatic carbocycles. The summed E-state index contributed by atoms with van der Waals surface area (Å²) in [5, 5.41) is 9.27. The Labute approximate surface area is 237 Å². The second kappa shape index (κ2) is 11.1. The number of carboxylic acids is 1. The van der Waals surface area contributed by atoms with Gasteiger partial charge in [-0.3, -0.25) is 4.79 Å². The Morgan fingerprint density at radius 1 is 1.05 bits per heavy atom. The number of allylic oxidation sites excluding steroid dienone is 1. The summed E-state index contributed by atoms with van der Waals surface area (Å²) in [4.78, 5) is 11.3. The third kappa shape index (κ3) is 5.66. The summed E-state index contributed by atoms with van der Waals surface area (Å²) in [6.45, 7) is 10.9. The molecule has 40 heavy (non-hydrogen) atoms. The monoisotopic (exact) mass is 540 g/mol. The molecule has 3 aromatic rings. The average molecular weight is 541 g/mol. The quantitative estimate of drug-likeness (QED) is 0.282. The van der Waals surface area contributed by atoms with Crippen LogP contribution in [0, 0.1) is 19.8 Å². The van der Waals surface area contributed by atoms with Crippen molar-refractivity contribution >= 4 is 12.0 Å². The van der Waals surface area contributed by atoms with Gasteiger partial charge in [0.2, 0.25) is 0 Å². The highest BCUT2D eigenvalue weighted by molar-refractivity contribution is 5.79. The number of fused-ring (bicyclic) bond motifs is 1. The first kappa shape index (κ1) is 28.0. The van der Waals surface area contributed by atoms with Crippen LogP contribution in [0.3, 0.4) is 0 Å². The lowest BCUT2D eigenvalue weighted by atomic mass is 9.88. The van der Waals surface area contributed by atoms with Crippen molar-refractivity contribution in [3.05, 3.63) is 88.0 Å². The maximum Gasteiger partial charge on any atom is 0.307 e. The van der Waals surface area contributed by atoms with Crippen molar-refractivity contribution in [1.29, 1.82) is 0 Å². The van der Waals surface area contributed by atoms with Crippen LogP contribution in [0.5, 0.6) is 11.5 Å². The second-order valence-electron chi connectivity index (χ2n) is 11.8. The average Bonchev–Trinajstić information content (AvgIpc) is 3.59. The van der Waals surface area contributed by atoms with Crippen LogP contribution in [-0.4, -0.2) is 30.4 Å². The summed E-state index contributed by atoms with van der Waals surface area (Å²) in [6.07, 6.45) is 6.78. The minimum absolute atomic E-state index is 0.0437. The molecule has 0 spiro atoms. The van der Waals surface area contributed by atoms with Crippen LogP contribution in [0.4, 0.5) is 0 Å². The molecule has 0 aromatic heterocycles. The predicted octanol–water partition coefficient (Wildman–Crippen LogP) is 8.06. The van der Waals surface area contributed by atoms with Gasteiger partial charge < -0.3 is 19.3 Å². The number of methoxy groups -OCH3 is 1. The number of carboxylic acid groups (broad SMARTS) is 1. The summed E-state index contributed by atoms with van der Waals surface area (Å²) in [5.74, 6) is 0.839. The van der Waals surface area contributed by atoms with E-state index in [1.165, 1.54) is 38.9 Å². The number of ether oxygens (including phenoxy) is 3. The molecule has 5 heteroatoms. The van der Waals surface area contributed by atoms with Gasteiger partial charge in [-0.2, -0.15) is 0 Å². The Morgan fingerprint density at radius 2 is 1.75 bits per heavy atom. The molecule has 3 unspecified atom stereocenters. The number of carbonyl (C=O) groups is 1. The van der Waals surface area contributed by atoms with Gasteiger partial charge in [0.15, 0.2) is 0 Å². The number of rotatable bonds is 10. The number of hydrogen-bond acceptors (Lipinski definition) is 4. The van der Waals surface area contributed by atoms with E-state index < -0.39 is 11.6 Å². The third-order valence-corrected chi connectivity index (χ3v) is 8.07. The van der Waals surface area contributed by atoms with Gasteiger partial charge in [0.05, 0.1) is 12.5 Å². The SMILES string of the molecule is CC=Cc1ccc(-c2c(C)cc(OC(C)(C)COC)cc2C)c2c1C(Oc1ccc(C3CC3C(=O)O)cc1)CC2. The lowest BCUT2D eigenvalue weighted by molar-refractivity contribution is -0.138. The van der Waals surface area contributed by atoms with E-state index in [0.29, 0.717) is 6.61 Å². The van der Waals surface area contributed by atoms with Gasteiger partial charge >= 0.3 is 5.97 Å². The highest BCUT2D eigenvalue weighted by atomic mass is 16.5. The third-order valence-electron chi connectivity index (χ3n) is 8.07. The molecular formula is C35H40O5. The molecule has 1 N–H and O–H groups in total. The van der Waals surface area contributed by atoms with Crippen LogP contribution in [0.2, 0.25) is 0 Å². The van der Waals surface area contributed by atoms with Gasteiger partial charge in [-0.1, -0.05) is 36.4 Å². The van der Waals surface area contributed by atoms with Crippen molar-refractivity contribution < 1.29 is 24.1 Å². The summed E-state index contributed by atoms with van der Waals surface area (Å²) in [5.41, 5.74) is 9.34. The molecule has 3 atom stereocenters. The van der Waals surface area contributed by atoms with E-state index in [-0.39, 0.29) is 17.9 Å². The summed E-state index contributed by atoms with van der Waals surface area (Å²) in [6, 6.07) is 16.7. The Balaban J connectivity index is 1.44. The second-order valence-corrected chi connectivity index (χ2v) is 11.8. The van der Waals surface area contributed by atoms with Crippen LogP contribution in [0.15, 0.2) is 54.6 Å². The van der Waals surface area contributed by atoms with Crippen molar-refractivity contribution in [2.75, 3.05) is 13.7 Å². The van der Waals surface area contributed by atoms with Gasteiger partial charge in [0.1, 0.15) is 23.2 Å². The fourth-order valence-electron chi connectivity index (χ4n) is 6.33. The molecule has 0 aliphatic heterocycles. The van der Waals surface area contributed by atoms with Gasteiger partial charge in [-0.05, 0) is 123 Å². The Kier molecular flexibility index (Phi) is 7.78. The van der Waals surface area contributed by atoms with Gasteiger partial charge in [0, 0.05) is 12.7 Å². The Bertz CT molecular complexity index is 1410. The van der Waals surface area contributed by atoms with E-state index in [0.717, 1.165) is 36.3 Å². The topological polar surface area (TPSA) is 65.0 Å². The van der Waals surface area contributed by atoms with Crippen LogP contribution < -0.4 is 9.47 Å². The van der Waals surface area contributed by atoms with Crippen LogP contribution in [0.1, 0.15) is 79.0 Å². The zero-order chi connectivity index (χ0) is 28.6. The lowest BCUT2D eigenvalue weighted by Crippen LogP contribution is -2.33. The number of aliphatic carboxylic acids is 1. The van der Waals surface area contributed by atoms with Crippen LogP contribution in [0.25, 0.3) is 17.2 Å². The molecule has 1 fully saturated rings. The first-order valence-electron chi connectivity index (χ1n) is 14.2. The summed E-state index contributed by atoms with van der Waals surface area (Å²) in [7, 11) is 1.69. The van der Waals surface area contributed by atoms with Crippen molar-refractivity contribution in [2.24, 2.45) is 5.92 Å². The van der Waals surface area contributed by atoms with Crippen molar-refractivity contribution in [3.8, 4) is 22.6 Å². The highest BCUT2D eigenvalue weighted by Crippen LogP contribution is 2.48. The van der Waals surface area contributed by atoms with Crippen molar-refractivity contribution in [2.45, 2.75) is 71.5 Å². The molecule has 2 aliphatic rings. The van der Waals surface area contributed by atoms with Crippen LogP contribution in [-0.2, 0) is 16.0 Å². The molecule has 0 bridgehead atoms. The van der Waals surface area contributed by atoms with Gasteiger partial charge in [-0.15, -0.1) is 0 Å². The summed E-state index contributed by atoms with van der Waals surface area (Å²) >= 11 is 0. The summed E-state index contributed by atoms with van der Waals surface area (Å²) < 4.78 is 18.2. The fraction of sp³-hybridized carbons (Fsp3) is 0.400. The molecule has 2 aliphatic carbocycles. The standard InChI is InChI=1S/C35H40O5/c1-7-8-24-11-14-27(32-21(2)17-26(18-22(32)3)40-35(4,5)20-38-6)28-15-16-31(33(24)28)39-25-12-9-23(10-13-25)29-19-30(29)34(36)37/h7-14,17-18,29-31H,15-16,19-20H2,1-6H3,(H,36,37).